The number of benzene rings is 1. The molecule has 3 rings (SSSR count). The van der Waals surface area contributed by atoms with E-state index in [1.54, 1.807) is 51.1 Å². The first-order chi connectivity index (χ1) is 14.1. The summed E-state index contributed by atoms with van der Waals surface area (Å²) in [5.74, 6) is 0.597. The minimum absolute atomic E-state index is 0.330. The van der Waals surface area contributed by atoms with Crippen molar-refractivity contribution in [2.45, 2.75) is 18.5 Å². The molecule has 2 heterocycles. The predicted octanol–water partition coefficient (Wildman–Crippen LogP) is 2.21. The zero-order valence-electron chi connectivity index (χ0n) is 16.5. The highest BCUT2D eigenvalue weighted by atomic mass is 16.5. The van der Waals surface area contributed by atoms with Gasteiger partial charge in [0.15, 0.2) is 11.5 Å². The third kappa shape index (κ3) is 4.52. The van der Waals surface area contributed by atoms with Gasteiger partial charge in [-0.3, -0.25) is 20.1 Å². The number of hydrogen-bond acceptors (Lipinski definition) is 6. The van der Waals surface area contributed by atoms with Crippen LogP contribution in [0, 0.1) is 0 Å². The van der Waals surface area contributed by atoms with Crippen molar-refractivity contribution in [1.29, 1.82) is 0 Å². The first-order valence-electron chi connectivity index (χ1n) is 9.14. The van der Waals surface area contributed by atoms with Crippen LogP contribution in [0.2, 0.25) is 0 Å². The first kappa shape index (κ1) is 20.3. The highest BCUT2D eigenvalue weighted by Gasteiger charge is 2.39. The Kier molecular flexibility index (Phi) is 6.41. The number of pyridine rings is 2. The normalized spacial score (nSPS) is 12.8. The average molecular weight is 392 g/mol. The van der Waals surface area contributed by atoms with E-state index >= 15 is 0 Å². The Morgan fingerprint density at radius 1 is 1.00 bits per heavy atom. The third-order valence-electron chi connectivity index (χ3n) is 4.83. The highest BCUT2D eigenvalue weighted by Crippen LogP contribution is 2.34. The lowest BCUT2D eigenvalue weighted by Crippen LogP contribution is -2.54. The molecule has 0 aliphatic heterocycles. The van der Waals surface area contributed by atoms with Crippen LogP contribution in [0.15, 0.2) is 67.3 Å². The van der Waals surface area contributed by atoms with Gasteiger partial charge >= 0.3 is 0 Å². The first-order valence-corrected chi connectivity index (χ1v) is 9.14. The van der Waals surface area contributed by atoms with E-state index in [9.17, 15) is 4.79 Å². The molecule has 1 amide bonds. The molecule has 0 aliphatic rings. The van der Waals surface area contributed by atoms with Gasteiger partial charge in [-0.2, -0.15) is 0 Å². The summed E-state index contributed by atoms with van der Waals surface area (Å²) in [6, 6.07) is 12.9. The maximum Gasteiger partial charge on any atom is 0.242 e. The maximum absolute atomic E-state index is 12.9. The number of hydrogen-bond donors (Lipinski definition) is 2. The summed E-state index contributed by atoms with van der Waals surface area (Å²) >= 11 is 0. The lowest BCUT2D eigenvalue weighted by atomic mass is 9.82. The van der Waals surface area contributed by atoms with E-state index < -0.39 is 11.4 Å². The van der Waals surface area contributed by atoms with E-state index in [1.165, 1.54) is 0 Å². The van der Waals surface area contributed by atoms with E-state index in [0.717, 1.165) is 11.1 Å². The monoisotopic (exact) mass is 392 g/mol. The smallest absolute Gasteiger partial charge is 0.242 e. The fourth-order valence-electron chi connectivity index (χ4n) is 3.25. The van der Waals surface area contributed by atoms with Crippen molar-refractivity contribution < 1.29 is 14.3 Å². The van der Waals surface area contributed by atoms with Crippen LogP contribution in [0.4, 0.5) is 0 Å². The van der Waals surface area contributed by atoms with E-state index in [4.69, 9.17) is 15.2 Å². The van der Waals surface area contributed by atoms with Crippen LogP contribution in [0.25, 0.3) is 0 Å². The lowest BCUT2D eigenvalue weighted by molar-refractivity contribution is -0.125. The molecule has 7 heteroatoms. The SMILES string of the molecule is COc1ccc(C(Cc2cccnc2)(NCc2ccncc2)C(N)=O)cc1OC. The molecule has 0 fully saturated rings. The number of amides is 1. The van der Waals surface area contributed by atoms with Crippen molar-refractivity contribution in [3.05, 3.63) is 83.9 Å². The van der Waals surface area contributed by atoms with Crippen LogP contribution in [0.3, 0.4) is 0 Å². The largest absolute Gasteiger partial charge is 0.493 e. The van der Waals surface area contributed by atoms with Gasteiger partial charge in [0.25, 0.3) is 0 Å². The number of nitrogens with two attached hydrogens (primary N) is 1. The quantitative estimate of drug-likeness (QED) is 0.579. The second-order valence-corrected chi connectivity index (χ2v) is 6.59. The predicted molar refractivity (Wildman–Crippen MR) is 109 cm³/mol. The molecule has 2 aromatic heterocycles. The molecule has 29 heavy (non-hydrogen) atoms. The zero-order chi connectivity index (χ0) is 20.7. The van der Waals surface area contributed by atoms with Crippen LogP contribution in [0.1, 0.15) is 16.7 Å². The number of ether oxygens (including phenoxy) is 2. The molecule has 1 atom stereocenters. The Morgan fingerprint density at radius 3 is 2.38 bits per heavy atom. The third-order valence-corrected chi connectivity index (χ3v) is 4.83. The van der Waals surface area contributed by atoms with Crippen molar-refractivity contribution in [1.82, 2.24) is 15.3 Å². The molecule has 0 radical (unpaired) electrons. The molecule has 1 aromatic carbocycles. The number of carbonyl (C=O) groups excluding carboxylic acids is 1. The Morgan fingerprint density at radius 2 is 1.76 bits per heavy atom. The van der Waals surface area contributed by atoms with Gasteiger partial charge in [-0.05, 0) is 47.0 Å². The molecule has 0 saturated carbocycles. The van der Waals surface area contributed by atoms with Crippen molar-refractivity contribution >= 4 is 5.91 Å². The highest BCUT2D eigenvalue weighted by molar-refractivity contribution is 5.87. The molecule has 1 unspecified atom stereocenters. The molecule has 0 bridgehead atoms. The summed E-state index contributed by atoms with van der Waals surface area (Å²) in [5, 5.41) is 3.38. The Balaban J connectivity index is 2.06. The van der Waals surface area contributed by atoms with Gasteiger partial charge in [-0.25, -0.2) is 0 Å². The fourth-order valence-corrected chi connectivity index (χ4v) is 3.25. The van der Waals surface area contributed by atoms with Gasteiger partial charge in [-0.1, -0.05) is 12.1 Å². The number of rotatable bonds is 9. The Hall–Kier alpha value is -3.45. The zero-order valence-corrected chi connectivity index (χ0v) is 16.5. The standard InChI is InChI=1S/C22H24N4O3/c1-28-19-6-5-18(12-20(19)29-2)22(21(23)27,13-17-4-3-9-25-14-17)26-15-16-7-10-24-11-8-16/h3-12,14,26H,13,15H2,1-2H3,(H2,23,27). The maximum atomic E-state index is 12.9. The number of carbonyl (C=O) groups is 1. The van der Waals surface area contributed by atoms with Crippen molar-refractivity contribution in [2.24, 2.45) is 5.73 Å². The van der Waals surface area contributed by atoms with Crippen LogP contribution < -0.4 is 20.5 Å². The van der Waals surface area contributed by atoms with Crippen molar-refractivity contribution in [3.8, 4) is 11.5 Å². The van der Waals surface area contributed by atoms with Gasteiger partial charge in [0.05, 0.1) is 14.2 Å². The molecule has 150 valence electrons. The Bertz CT molecular complexity index is 951. The van der Waals surface area contributed by atoms with Crippen molar-refractivity contribution in [2.75, 3.05) is 14.2 Å². The second-order valence-electron chi connectivity index (χ2n) is 6.59. The topological polar surface area (TPSA) is 99.4 Å². The number of primary amides is 1. The Labute approximate surface area is 169 Å². The summed E-state index contributed by atoms with van der Waals surface area (Å²) < 4.78 is 10.8. The summed E-state index contributed by atoms with van der Waals surface area (Å²) in [5.41, 5.74) is 7.34. The van der Waals surface area contributed by atoms with E-state index in [-0.39, 0.29) is 0 Å². The van der Waals surface area contributed by atoms with Crippen LogP contribution >= 0.6 is 0 Å². The van der Waals surface area contributed by atoms with Gasteiger partial charge in [0, 0.05) is 37.8 Å². The van der Waals surface area contributed by atoms with Crippen LogP contribution in [-0.4, -0.2) is 30.1 Å². The fraction of sp³-hybridized carbons (Fsp3) is 0.227. The molecule has 7 nitrogen and oxygen atoms in total. The second kappa shape index (κ2) is 9.16. The number of methoxy groups -OCH3 is 2. The molecular formula is C22H24N4O3. The van der Waals surface area contributed by atoms with Crippen LogP contribution in [0.5, 0.6) is 11.5 Å². The molecule has 0 spiro atoms. The molecule has 3 aromatic rings. The average Bonchev–Trinajstić information content (AvgIpc) is 2.77. The summed E-state index contributed by atoms with van der Waals surface area (Å²) in [6.45, 7) is 0.431. The summed E-state index contributed by atoms with van der Waals surface area (Å²) in [7, 11) is 3.12. The summed E-state index contributed by atoms with van der Waals surface area (Å²) in [4.78, 5) is 21.1. The van der Waals surface area contributed by atoms with Gasteiger partial charge in [-0.15, -0.1) is 0 Å². The van der Waals surface area contributed by atoms with Gasteiger partial charge in [0.2, 0.25) is 5.91 Å². The molecular weight excluding hydrogens is 368 g/mol. The minimum atomic E-state index is -1.17. The number of nitrogens with zero attached hydrogens (tertiary/aromatic N) is 2. The van der Waals surface area contributed by atoms with Crippen molar-refractivity contribution in [3.63, 3.8) is 0 Å². The summed E-state index contributed by atoms with van der Waals surface area (Å²) in [6.07, 6.45) is 7.17. The molecule has 3 N–H and O–H groups in total. The van der Waals surface area contributed by atoms with E-state index in [1.807, 2.05) is 30.3 Å². The van der Waals surface area contributed by atoms with Crippen LogP contribution in [-0.2, 0) is 23.3 Å². The molecule has 0 saturated heterocycles. The molecule has 0 aliphatic carbocycles. The van der Waals surface area contributed by atoms with Gasteiger partial charge < -0.3 is 15.2 Å². The number of nitrogens with one attached hydrogen (secondary N) is 1. The lowest BCUT2D eigenvalue weighted by Gasteiger charge is -2.33. The minimum Gasteiger partial charge on any atom is -0.493 e. The van der Waals surface area contributed by atoms with E-state index in [0.29, 0.717) is 30.0 Å². The van der Waals surface area contributed by atoms with Gasteiger partial charge in [0.1, 0.15) is 5.54 Å². The number of aromatic nitrogens is 2. The van der Waals surface area contributed by atoms with E-state index in [2.05, 4.69) is 15.3 Å².